The second-order valence-corrected chi connectivity index (χ2v) is 5.05. The molecule has 2 aliphatic rings. The van der Waals surface area contributed by atoms with Crippen molar-refractivity contribution in [2.45, 2.75) is 44.8 Å². The van der Waals surface area contributed by atoms with Gasteiger partial charge in [0.1, 0.15) is 0 Å². The molecule has 5 heteroatoms. The van der Waals surface area contributed by atoms with Gasteiger partial charge in [-0.1, -0.05) is 12.8 Å². The molecule has 2 N–H and O–H groups in total. The molecular formula is C12H23ClN2O2. The third-order valence-electron chi connectivity index (χ3n) is 3.21. The fraction of sp³-hybridized carbons (Fsp3) is 0.917. The molecule has 1 aliphatic heterocycles. The minimum Gasteiger partial charge on any atom is -0.375 e. The van der Waals surface area contributed by atoms with E-state index in [9.17, 15) is 4.79 Å². The highest BCUT2D eigenvalue weighted by atomic mass is 35.5. The van der Waals surface area contributed by atoms with Gasteiger partial charge in [0.25, 0.3) is 0 Å². The van der Waals surface area contributed by atoms with Gasteiger partial charge in [0, 0.05) is 19.1 Å². The van der Waals surface area contributed by atoms with Crippen LogP contribution in [0.5, 0.6) is 0 Å². The molecule has 0 aromatic heterocycles. The molecule has 1 amide bonds. The number of hydrogen-bond acceptors (Lipinski definition) is 3. The van der Waals surface area contributed by atoms with Gasteiger partial charge >= 0.3 is 0 Å². The molecule has 1 saturated carbocycles. The van der Waals surface area contributed by atoms with Crippen LogP contribution in [-0.4, -0.2) is 37.7 Å². The standard InChI is InChI=1S/C12H22N2O2.ClH/c1-9(6-10-2-3-10)14-12(15)7-11-8-13-4-5-16-11;/h9-11,13H,2-8H2,1H3,(H,14,15);1H. The smallest absolute Gasteiger partial charge is 0.222 e. The van der Waals surface area contributed by atoms with Crippen molar-refractivity contribution in [1.82, 2.24) is 10.6 Å². The minimum absolute atomic E-state index is 0. The lowest BCUT2D eigenvalue weighted by Crippen LogP contribution is -2.42. The number of nitrogens with one attached hydrogen (secondary N) is 2. The van der Waals surface area contributed by atoms with Crippen LogP contribution < -0.4 is 10.6 Å². The Bertz CT molecular complexity index is 241. The Morgan fingerprint density at radius 1 is 1.53 bits per heavy atom. The van der Waals surface area contributed by atoms with Gasteiger partial charge in [-0.05, 0) is 19.3 Å². The number of carbonyl (C=O) groups is 1. The molecule has 0 spiro atoms. The lowest BCUT2D eigenvalue weighted by Gasteiger charge is -2.23. The molecule has 1 aliphatic carbocycles. The first-order valence-electron chi connectivity index (χ1n) is 6.35. The van der Waals surface area contributed by atoms with Crippen molar-refractivity contribution in [3.05, 3.63) is 0 Å². The summed E-state index contributed by atoms with van der Waals surface area (Å²) in [6.45, 7) is 4.51. The Morgan fingerprint density at radius 3 is 2.88 bits per heavy atom. The maximum Gasteiger partial charge on any atom is 0.222 e. The van der Waals surface area contributed by atoms with Crippen LogP contribution in [-0.2, 0) is 9.53 Å². The van der Waals surface area contributed by atoms with Crippen molar-refractivity contribution in [3.8, 4) is 0 Å². The number of amides is 1. The minimum atomic E-state index is 0. The van der Waals surface area contributed by atoms with E-state index in [1.165, 1.54) is 12.8 Å². The van der Waals surface area contributed by atoms with Gasteiger partial charge in [-0.2, -0.15) is 0 Å². The van der Waals surface area contributed by atoms with Gasteiger partial charge in [-0.15, -0.1) is 12.4 Å². The highest BCUT2D eigenvalue weighted by molar-refractivity contribution is 5.85. The number of rotatable bonds is 5. The van der Waals surface area contributed by atoms with Crippen molar-refractivity contribution in [3.63, 3.8) is 0 Å². The molecule has 17 heavy (non-hydrogen) atoms. The predicted molar refractivity (Wildman–Crippen MR) is 69.4 cm³/mol. The number of ether oxygens (including phenoxy) is 1. The Kier molecular flexibility index (Phi) is 6.23. The van der Waals surface area contributed by atoms with Crippen LogP contribution >= 0.6 is 12.4 Å². The van der Waals surface area contributed by atoms with E-state index in [2.05, 4.69) is 17.6 Å². The normalized spacial score (nSPS) is 25.8. The Balaban J connectivity index is 0.00000144. The number of carbonyl (C=O) groups excluding carboxylic acids is 1. The maximum atomic E-state index is 11.7. The molecule has 2 atom stereocenters. The van der Waals surface area contributed by atoms with E-state index in [0.717, 1.165) is 32.0 Å². The molecule has 1 heterocycles. The van der Waals surface area contributed by atoms with E-state index in [-0.39, 0.29) is 24.4 Å². The molecule has 100 valence electrons. The summed E-state index contributed by atoms with van der Waals surface area (Å²) in [6, 6.07) is 0.316. The van der Waals surface area contributed by atoms with Crippen LogP contribution in [0.3, 0.4) is 0 Å². The average molecular weight is 263 g/mol. The van der Waals surface area contributed by atoms with Crippen LogP contribution in [0.25, 0.3) is 0 Å². The number of halogens is 1. The summed E-state index contributed by atoms with van der Waals surface area (Å²) in [5.41, 5.74) is 0. The summed E-state index contributed by atoms with van der Waals surface area (Å²) in [7, 11) is 0. The van der Waals surface area contributed by atoms with Crippen LogP contribution in [0, 0.1) is 5.92 Å². The lowest BCUT2D eigenvalue weighted by atomic mass is 10.1. The van der Waals surface area contributed by atoms with Crippen LogP contribution in [0.1, 0.15) is 32.6 Å². The zero-order valence-corrected chi connectivity index (χ0v) is 11.2. The van der Waals surface area contributed by atoms with E-state index in [1.54, 1.807) is 0 Å². The van der Waals surface area contributed by atoms with Gasteiger partial charge in [0.05, 0.1) is 19.1 Å². The summed E-state index contributed by atoms with van der Waals surface area (Å²) < 4.78 is 5.50. The molecule has 0 bridgehead atoms. The quantitative estimate of drug-likeness (QED) is 0.780. The average Bonchev–Trinajstić information content (AvgIpc) is 3.02. The van der Waals surface area contributed by atoms with Gasteiger partial charge in [0.15, 0.2) is 0 Å². The fourth-order valence-corrected chi connectivity index (χ4v) is 2.20. The lowest BCUT2D eigenvalue weighted by molar-refractivity contribution is -0.125. The first-order valence-corrected chi connectivity index (χ1v) is 6.35. The second kappa shape index (κ2) is 7.19. The van der Waals surface area contributed by atoms with Crippen LogP contribution in [0.15, 0.2) is 0 Å². The molecule has 0 radical (unpaired) electrons. The highest BCUT2D eigenvalue weighted by Crippen LogP contribution is 2.33. The van der Waals surface area contributed by atoms with Gasteiger partial charge in [0.2, 0.25) is 5.91 Å². The third kappa shape index (κ3) is 5.70. The molecular weight excluding hydrogens is 240 g/mol. The van der Waals surface area contributed by atoms with E-state index in [1.807, 2.05) is 0 Å². The van der Waals surface area contributed by atoms with Gasteiger partial charge < -0.3 is 15.4 Å². The third-order valence-corrected chi connectivity index (χ3v) is 3.21. The van der Waals surface area contributed by atoms with Crippen molar-refractivity contribution >= 4 is 18.3 Å². The molecule has 4 nitrogen and oxygen atoms in total. The second-order valence-electron chi connectivity index (χ2n) is 5.05. The van der Waals surface area contributed by atoms with E-state index < -0.39 is 0 Å². The van der Waals surface area contributed by atoms with Crippen molar-refractivity contribution < 1.29 is 9.53 Å². The Labute approximate surface area is 109 Å². The van der Waals surface area contributed by atoms with E-state index >= 15 is 0 Å². The SMILES string of the molecule is CC(CC1CC1)NC(=O)CC1CNCCO1.Cl. The zero-order valence-electron chi connectivity index (χ0n) is 10.4. The maximum absolute atomic E-state index is 11.7. The molecule has 1 saturated heterocycles. The zero-order chi connectivity index (χ0) is 11.4. The van der Waals surface area contributed by atoms with E-state index in [4.69, 9.17) is 4.74 Å². The Morgan fingerprint density at radius 2 is 2.29 bits per heavy atom. The number of morpholine rings is 1. The summed E-state index contributed by atoms with van der Waals surface area (Å²) in [4.78, 5) is 11.7. The van der Waals surface area contributed by atoms with Gasteiger partial charge in [-0.3, -0.25) is 4.79 Å². The van der Waals surface area contributed by atoms with Crippen LogP contribution in [0.2, 0.25) is 0 Å². The van der Waals surface area contributed by atoms with E-state index in [0.29, 0.717) is 12.5 Å². The summed E-state index contributed by atoms with van der Waals surface area (Å²) in [5.74, 6) is 0.991. The number of hydrogen-bond donors (Lipinski definition) is 2. The van der Waals surface area contributed by atoms with Crippen molar-refractivity contribution in [2.75, 3.05) is 19.7 Å². The fourth-order valence-electron chi connectivity index (χ4n) is 2.20. The monoisotopic (exact) mass is 262 g/mol. The van der Waals surface area contributed by atoms with Gasteiger partial charge in [-0.25, -0.2) is 0 Å². The molecule has 0 aromatic carbocycles. The molecule has 2 rings (SSSR count). The molecule has 2 unspecified atom stereocenters. The first kappa shape index (κ1) is 14.7. The molecule has 2 fully saturated rings. The molecule has 0 aromatic rings. The topological polar surface area (TPSA) is 50.4 Å². The Hall–Kier alpha value is -0.320. The summed E-state index contributed by atoms with van der Waals surface area (Å²) in [6.07, 6.45) is 4.37. The van der Waals surface area contributed by atoms with Crippen LogP contribution in [0.4, 0.5) is 0 Å². The summed E-state index contributed by atoms with van der Waals surface area (Å²) >= 11 is 0. The largest absolute Gasteiger partial charge is 0.375 e. The first-order chi connectivity index (χ1) is 7.74. The van der Waals surface area contributed by atoms with Crippen molar-refractivity contribution in [1.29, 1.82) is 0 Å². The van der Waals surface area contributed by atoms with Crippen molar-refractivity contribution in [2.24, 2.45) is 5.92 Å². The summed E-state index contributed by atoms with van der Waals surface area (Å²) in [5, 5.41) is 6.28. The highest BCUT2D eigenvalue weighted by Gasteiger charge is 2.25. The predicted octanol–water partition coefficient (Wildman–Crippen LogP) is 1.09.